The summed E-state index contributed by atoms with van der Waals surface area (Å²) in [5.41, 5.74) is 8.51. The quantitative estimate of drug-likeness (QED) is 0.897. The molecule has 2 nitrogen and oxygen atoms in total. The molecule has 0 aliphatic carbocycles. The molecule has 2 atom stereocenters. The number of nitrogens with zero attached hydrogens (tertiary/aromatic N) is 1. The predicted molar refractivity (Wildman–Crippen MR) is 84.9 cm³/mol. The SMILES string of the molecule is CC(Cc1cccs1)N(C)c1ccccc1[C@@H](C)N. The number of thiophene rings is 1. The lowest BCUT2D eigenvalue weighted by Gasteiger charge is -2.29. The van der Waals surface area contributed by atoms with Crippen LogP contribution in [-0.2, 0) is 6.42 Å². The molecule has 0 bridgehead atoms. The molecular weight excluding hydrogens is 252 g/mol. The molecule has 0 saturated heterocycles. The Labute approximate surface area is 119 Å². The largest absolute Gasteiger partial charge is 0.371 e. The van der Waals surface area contributed by atoms with E-state index in [9.17, 15) is 0 Å². The molecule has 2 aromatic rings. The van der Waals surface area contributed by atoms with Crippen molar-refractivity contribution < 1.29 is 0 Å². The molecule has 1 heterocycles. The van der Waals surface area contributed by atoms with E-state index in [1.165, 1.54) is 16.1 Å². The van der Waals surface area contributed by atoms with Crippen LogP contribution < -0.4 is 10.6 Å². The van der Waals surface area contributed by atoms with Gasteiger partial charge in [-0.05, 0) is 36.9 Å². The molecule has 2 rings (SSSR count). The standard InChI is InChI=1S/C16H22N2S/c1-12(11-14-7-6-10-19-14)18(3)16-9-5-4-8-15(16)13(2)17/h4-10,12-13H,11,17H2,1-3H3/t12?,13-/m1/s1. The van der Waals surface area contributed by atoms with Gasteiger partial charge in [0.15, 0.2) is 0 Å². The van der Waals surface area contributed by atoms with Crippen LogP contribution in [0.15, 0.2) is 41.8 Å². The zero-order valence-electron chi connectivity index (χ0n) is 11.8. The van der Waals surface area contributed by atoms with Crippen LogP contribution >= 0.6 is 11.3 Å². The van der Waals surface area contributed by atoms with Gasteiger partial charge < -0.3 is 10.6 Å². The van der Waals surface area contributed by atoms with Crippen molar-refractivity contribution in [2.75, 3.05) is 11.9 Å². The first-order valence-corrected chi connectivity index (χ1v) is 7.57. The zero-order valence-corrected chi connectivity index (χ0v) is 12.7. The molecule has 102 valence electrons. The molecule has 0 saturated carbocycles. The van der Waals surface area contributed by atoms with Crippen molar-refractivity contribution in [2.45, 2.75) is 32.4 Å². The fourth-order valence-electron chi connectivity index (χ4n) is 2.29. The Morgan fingerprint density at radius 1 is 1.16 bits per heavy atom. The molecular formula is C16H22N2S. The highest BCUT2D eigenvalue weighted by Gasteiger charge is 2.15. The van der Waals surface area contributed by atoms with Crippen molar-refractivity contribution in [3.8, 4) is 0 Å². The summed E-state index contributed by atoms with van der Waals surface area (Å²) in [6, 6.07) is 13.2. The second-order valence-corrected chi connectivity index (χ2v) is 6.12. The highest BCUT2D eigenvalue weighted by Crippen LogP contribution is 2.26. The maximum absolute atomic E-state index is 6.06. The van der Waals surface area contributed by atoms with Gasteiger partial charge in [0.2, 0.25) is 0 Å². The molecule has 19 heavy (non-hydrogen) atoms. The highest BCUT2D eigenvalue weighted by atomic mass is 32.1. The summed E-state index contributed by atoms with van der Waals surface area (Å²) in [5, 5.41) is 2.14. The molecule has 0 radical (unpaired) electrons. The van der Waals surface area contributed by atoms with Gasteiger partial charge in [0, 0.05) is 36.1 Å². The van der Waals surface area contributed by atoms with E-state index in [1.54, 1.807) is 0 Å². The summed E-state index contributed by atoms with van der Waals surface area (Å²) in [6.45, 7) is 4.30. The van der Waals surface area contributed by atoms with E-state index in [1.807, 2.05) is 18.3 Å². The number of benzene rings is 1. The van der Waals surface area contributed by atoms with Crippen molar-refractivity contribution in [1.29, 1.82) is 0 Å². The minimum atomic E-state index is 0.0626. The number of likely N-dealkylation sites (N-methyl/N-ethyl adjacent to an activating group) is 1. The Morgan fingerprint density at radius 3 is 2.53 bits per heavy atom. The van der Waals surface area contributed by atoms with Gasteiger partial charge in [-0.1, -0.05) is 24.3 Å². The van der Waals surface area contributed by atoms with Crippen LogP contribution in [-0.4, -0.2) is 13.1 Å². The molecule has 1 unspecified atom stereocenters. The van der Waals surface area contributed by atoms with Crippen molar-refractivity contribution in [2.24, 2.45) is 5.73 Å². The minimum Gasteiger partial charge on any atom is -0.371 e. The number of rotatable bonds is 5. The van der Waals surface area contributed by atoms with Crippen molar-refractivity contribution in [3.63, 3.8) is 0 Å². The first-order chi connectivity index (χ1) is 9.09. The van der Waals surface area contributed by atoms with E-state index in [4.69, 9.17) is 5.73 Å². The van der Waals surface area contributed by atoms with Gasteiger partial charge in [0.1, 0.15) is 0 Å². The second kappa shape index (κ2) is 6.22. The molecule has 2 N–H and O–H groups in total. The lowest BCUT2D eigenvalue weighted by molar-refractivity contribution is 0.679. The smallest absolute Gasteiger partial charge is 0.0414 e. The fraction of sp³-hybridized carbons (Fsp3) is 0.375. The maximum Gasteiger partial charge on any atom is 0.0414 e. The number of para-hydroxylation sites is 1. The third kappa shape index (κ3) is 3.37. The maximum atomic E-state index is 6.06. The van der Waals surface area contributed by atoms with E-state index in [2.05, 4.69) is 60.6 Å². The summed E-state index contributed by atoms with van der Waals surface area (Å²) in [7, 11) is 2.15. The first-order valence-electron chi connectivity index (χ1n) is 6.69. The Kier molecular flexibility index (Phi) is 4.61. The van der Waals surface area contributed by atoms with Crippen LogP contribution in [0.5, 0.6) is 0 Å². The fourth-order valence-corrected chi connectivity index (χ4v) is 3.11. The monoisotopic (exact) mass is 274 g/mol. The van der Waals surface area contributed by atoms with Crippen LogP contribution in [0.3, 0.4) is 0 Å². The van der Waals surface area contributed by atoms with Gasteiger partial charge in [-0.3, -0.25) is 0 Å². The van der Waals surface area contributed by atoms with E-state index in [0.717, 1.165) is 6.42 Å². The Balaban J connectivity index is 2.16. The van der Waals surface area contributed by atoms with E-state index < -0.39 is 0 Å². The molecule has 0 aliphatic heterocycles. The van der Waals surface area contributed by atoms with Crippen LogP contribution in [0.4, 0.5) is 5.69 Å². The van der Waals surface area contributed by atoms with Crippen LogP contribution in [0.1, 0.15) is 30.3 Å². The summed E-state index contributed by atoms with van der Waals surface area (Å²) in [4.78, 5) is 3.76. The van der Waals surface area contributed by atoms with E-state index in [0.29, 0.717) is 6.04 Å². The number of hydrogen-bond donors (Lipinski definition) is 1. The van der Waals surface area contributed by atoms with Crippen LogP contribution in [0.25, 0.3) is 0 Å². The lowest BCUT2D eigenvalue weighted by Crippen LogP contribution is -2.31. The van der Waals surface area contributed by atoms with E-state index >= 15 is 0 Å². The average Bonchev–Trinajstić information content (AvgIpc) is 2.90. The molecule has 1 aromatic carbocycles. The van der Waals surface area contributed by atoms with Crippen molar-refractivity contribution in [3.05, 3.63) is 52.2 Å². The average molecular weight is 274 g/mol. The number of hydrogen-bond acceptors (Lipinski definition) is 3. The summed E-state index contributed by atoms with van der Waals surface area (Å²) in [5.74, 6) is 0. The van der Waals surface area contributed by atoms with Gasteiger partial charge in [-0.2, -0.15) is 0 Å². The van der Waals surface area contributed by atoms with Gasteiger partial charge in [-0.15, -0.1) is 11.3 Å². The van der Waals surface area contributed by atoms with Crippen molar-refractivity contribution >= 4 is 17.0 Å². The molecule has 0 spiro atoms. The summed E-state index contributed by atoms with van der Waals surface area (Å²) >= 11 is 1.82. The van der Waals surface area contributed by atoms with Gasteiger partial charge in [0.05, 0.1) is 0 Å². The predicted octanol–water partition coefficient (Wildman–Crippen LogP) is 3.84. The third-order valence-electron chi connectivity index (χ3n) is 3.55. The first kappa shape index (κ1) is 14.1. The van der Waals surface area contributed by atoms with Gasteiger partial charge >= 0.3 is 0 Å². The zero-order chi connectivity index (χ0) is 13.8. The van der Waals surface area contributed by atoms with Gasteiger partial charge in [0.25, 0.3) is 0 Å². The number of anilines is 1. The van der Waals surface area contributed by atoms with E-state index in [-0.39, 0.29) is 6.04 Å². The van der Waals surface area contributed by atoms with Crippen LogP contribution in [0.2, 0.25) is 0 Å². The Morgan fingerprint density at radius 2 is 1.89 bits per heavy atom. The summed E-state index contributed by atoms with van der Waals surface area (Å²) < 4.78 is 0. The molecule has 0 amide bonds. The lowest BCUT2D eigenvalue weighted by atomic mass is 10.0. The van der Waals surface area contributed by atoms with Gasteiger partial charge in [-0.25, -0.2) is 0 Å². The van der Waals surface area contributed by atoms with Crippen molar-refractivity contribution in [1.82, 2.24) is 0 Å². The molecule has 0 fully saturated rings. The third-order valence-corrected chi connectivity index (χ3v) is 4.44. The highest BCUT2D eigenvalue weighted by molar-refractivity contribution is 7.09. The normalized spacial score (nSPS) is 14.1. The Hall–Kier alpha value is -1.32. The Bertz CT molecular complexity index is 505. The number of nitrogens with two attached hydrogens (primary N) is 1. The second-order valence-electron chi connectivity index (χ2n) is 5.09. The molecule has 0 aliphatic rings. The minimum absolute atomic E-state index is 0.0626. The summed E-state index contributed by atoms with van der Waals surface area (Å²) in [6.07, 6.45) is 1.07. The van der Waals surface area contributed by atoms with Crippen LogP contribution in [0, 0.1) is 0 Å². The topological polar surface area (TPSA) is 29.3 Å². The molecule has 1 aromatic heterocycles. The molecule has 3 heteroatoms.